The van der Waals surface area contributed by atoms with E-state index in [9.17, 15) is 8.42 Å². The number of thioether (sulfide) groups is 1. The van der Waals surface area contributed by atoms with Crippen molar-refractivity contribution in [3.63, 3.8) is 0 Å². The number of piperazine rings is 1. The minimum Gasteiger partial charge on any atom is -0.304 e. The quantitative estimate of drug-likeness (QED) is 0.714. The van der Waals surface area contributed by atoms with Crippen LogP contribution in [0.2, 0.25) is 0 Å². The molecule has 1 aliphatic heterocycles. The van der Waals surface area contributed by atoms with Crippen LogP contribution in [0.1, 0.15) is 6.92 Å². The highest BCUT2D eigenvalue weighted by Gasteiger charge is 2.28. The molecule has 0 radical (unpaired) electrons. The molecule has 0 bridgehead atoms. The van der Waals surface area contributed by atoms with Gasteiger partial charge < -0.3 is 4.90 Å². The molecule has 0 saturated carbocycles. The van der Waals surface area contributed by atoms with Crippen LogP contribution in [-0.2, 0) is 10.0 Å². The minimum atomic E-state index is -3.35. The van der Waals surface area contributed by atoms with Crippen LogP contribution in [0.15, 0.2) is 15.4 Å². The molecule has 7 heteroatoms. The highest BCUT2D eigenvalue weighted by atomic mass is 32.3. The zero-order chi connectivity index (χ0) is 12.9. The SMILES string of the molecule is C/C=N/C=C(\SC)S(=O)(=O)N1CCN(C)CC1. The first kappa shape index (κ1) is 14.7. The summed E-state index contributed by atoms with van der Waals surface area (Å²) in [4.78, 5) is 6.02. The van der Waals surface area contributed by atoms with Gasteiger partial charge in [-0.25, -0.2) is 8.42 Å². The van der Waals surface area contributed by atoms with Crippen molar-refractivity contribution in [2.24, 2.45) is 4.99 Å². The average molecular weight is 277 g/mol. The van der Waals surface area contributed by atoms with E-state index < -0.39 is 10.0 Å². The van der Waals surface area contributed by atoms with Gasteiger partial charge in [0.25, 0.3) is 10.0 Å². The molecule has 0 aromatic carbocycles. The molecular formula is C10H19N3O2S2. The summed E-state index contributed by atoms with van der Waals surface area (Å²) in [6.07, 6.45) is 4.75. The molecule has 17 heavy (non-hydrogen) atoms. The van der Waals surface area contributed by atoms with E-state index in [1.807, 2.05) is 7.05 Å². The summed E-state index contributed by atoms with van der Waals surface area (Å²) >= 11 is 1.22. The van der Waals surface area contributed by atoms with Gasteiger partial charge in [0.2, 0.25) is 0 Å². The van der Waals surface area contributed by atoms with Gasteiger partial charge in [-0.05, 0) is 20.2 Å². The van der Waals surface area contributed by atoms with Gasteiger partial charge >= 0.3 is 0 Å². The van der Waals surface area contributed by atoms with Gasteiger partial charge in [-0.3, -0.25) is 4.99 Å². The number of hydrogen-bond acceptors (Lipinski definition) is 5. The highest BCUT2D eigenvalue weighted by Crippen LogP contribution is 2.23. The predicted octanol–water partition coefficient (Wildman–Crippen LogP) is 0.816. The standard InChI is InChI=1S/C10H19N3O2S2/c1-4-11-9-10(16-3)17(14,15)13-7-5-12(2)6-8-13/h4,9H,5-8H2,1-3H3/b10-9+,11-4+. The summed E-state index contributed by atoms with van der Waals surface area (Å²) in [5.41, 5.74) is 0. The lowest BCUT2D eigenvalue weighted by Gasteiger charge is -2.31. The third-order valence-electron chi connectivity index (χ3n) is 2.59. The van der Waals surface area contributed by atoms with E-state index in [0.717, 1.165) is 13.1 Å². The Labute approximate surface area is 108 Å². The van der Waals surface area contributed by atoms with Crippen molar-refractivity contribution in [2.45, 2.75) is 6.92 Å². The molecule has 0 aliphatic carbocycles. The van der Waals surface area contributed by atoms with Gasteiger partial charge in [-0.1, -0.05) is 0 Å². The lowest BCUT2D eigenvalue weighted by Crippen LogP contribution is -2.47. The summed E-state index contributed by atoms with van der Waals surface area (Å²) in [6.45, 7) is 4.41. The maximum absolute atomic E-state index is 12.3. The van der Waals surface area contributed by atoms with E-state index in [4.69, 9.17) is 0 Å². The Morgan fingerprint density at radius 2 is 1.88 bits per heavy atom. The van der Waals surface area contributed by atoms with Gasteiger partial charge in [-0.2, -0.15) is 4.31 Å². The molecule has 0 amide bonds. The smallest absolute Gasteiger partial charge is 0.250 e. The molecule has 0 spiro atoms. The van der Waals surface area contributed by atoms with Gasteiger partial charge in [0.15, 0.2) is 0 Å². The zero-order valence-electron chi connectivity index (χ0n) is 10.5. The fourth-order valence-corrected chi connectivity index (χ4v) is 3.93. The van der Waals surface area contributed by atoms with Gasteiger partial charge in [0, 0.05) is 32.4 Å². The summed E-state index contributed by atoms with van der Waals surface area (Å²) < 4.78 is 26.4. The maximum Gasteiger partial charge on any atom is 0.250 e. The second-order valence-corrected chi connectivity index (χ2v) is 6.78. The van der Waals surface area contributed by atoms with E-state index in [-0.39, 0.29) is 0 Å². The lowest BCUT2D eigenvalue weighted by atomic mass is 10.4. The summed E-state index contributed by atoms with van der Waals surface area (Å²) in [5.74, 6) is 0. The summed E-state index contributed by atoms with van der Waals surface area (Å²) in [5, 5.41) is 0. The number of nitrogens with zero attached hydrogens (tertiary/aromatic N) is 3. The Balaban J connectivity index is 2.86. The first-order chi connectivity index (χ1) is 8.02. The number of aliphatic imine (C=N–C) groups is 1. The molecule has 5 nitrogen and oxygen atoms in total. The van der Waals surface area contributed by atoms with Crippen LogP contribution in [-0.4, -0.2) is 63.3 Å². The second kappa shape index (κ2) is 6.53. The van der Waals surface area contributed by atoms with E-state index >= 15 is 0 Å². The minimum absolute atomic E-state index is 0.306. The zero-order valence-corrected chi connectivity index (χ0v) is 12.1. The van der Waals surface area contributed by atoms with E-state index in [0.29, 0.717) is 17.3 Å². The van der Waals surface area contributed by atoms with Crippen molar-refractivity contribution >= 4 is 28.0 Å². The Kier molecular flexibility index (Phi) is 5.64. The maximum atomic E-state index is 12.3. The topological polar surface area (TPSA) is 53.0 Å². The monoisotopic (exact) mass is 277 g/mol. The van der Waals surface area contributed by atoms with Crippen molar-refractivity contribution < 1.29 is 8.42 Å². The molecular weight excluding hydrogens is 258 g/mol. The van der Waals surface area contributed by atoms with Gasteiger partial charge in [-0.15, -0.1) is 11.8 Å². The predicted molar refractivity (Wildman–Crippen MR) is 73.8 cm³/mol. The molecule has 0 unspecified atom stereocenters. The Hall–Kier alpha value is -0.370. The second-order valence-electron chi connectivity index (χ2n) is 3.77. The van der Waals surface area contributed by atoms with Crippen molar-refractivity contribution in [1.29, 1.82) is 0 Å². The Morgan fingerprint density at radius 1 is 1.29 bits per heavy atom. The van der Waals surface area contributed by atoms with E-state index in [2.05, 4.69) is 9.89 Å². The van der Waals surface area contributed by atoms with Gasteiger partial charge in [0.1, 0.15) is 4.24 Å². The molecule has 1 aliphatic rings. The number of hydrogen-bond donors (Lipinski definition) is 0. The third-order valence-corrected chi connectivity index (χ3v) is 5.89. The molecule has 98 valence electrons. The van der Waals surface area contributed by atoms with Crippen LogP contribution < -0.4 is 0 Å². The van der Waals surface area contributed by atoms with Crippen LogP contribution in [0.3, 0.4) is 0 Å². The Bertz CT molecular complexity index is 396. The van der Waals surface area contributed by atoms with Crippen LogP contribution >= 0.6 is 11.8 Å². The number of rotatable bonds is 4. The van der Waals surface area contributed by atoms with Crippen LogP contribution in [0.25, 0.3) is 0 Å². The van der Waals surface area contributed by atoms with Crippen molar-refractivity contribution in [2.75, 3.05) is 39.5 Å². The highest BCUT2D eigenvalue weighted by molar-refractivity contribution is 8.17. The summed E-state index contributed by atoms with van der Waals surface area (Å²) in [6, 6.07) is 0. The Morgan fingerprint density at radius 3 is 2.35 bits per heavy atom. The molecule has 1 fully saturated rings. The molecule has 1 rings (SSSR count). The molecule has 1 saturated heterocycles. The first-order valence-corrected chi connectivity index (χ1v) is 8.09. The fraction of sp³-hybridized carbons (Fsp3) is 0.700. The number of sulfonamides is 1. The fourth-order valence-electron chi connectivity index (χ4n) is 1.52. The lowest BCUT2D eigenvalue weighted by molar-refractivity contribution is 0.223. The van der Waals surface area contributed by atoms with Crippen molar-refractivity contribution in [3.8, 4) is 0 Å². The largest absolute Gasteiger partial charge is 0.304 e. The molecule has 0 N–H and O–H groups in total. The van der Waals surface area contributed by atoms with Crippen LogP contribution in [0.4, 0.5) is 0 Å². The third kappa shape index (κ3) is 3.80. The van der Waals surface area contributed by atoms with Crippen LogP contribution in [0, 0.1) is 0 Å². The van der Waals surface area contributed by atoms with Gasteiger partial charge in [0.05, 0.1) is 6.20 Å². The van der Waals surface area contributed by atoms with Crippen LogP contribution in [0.5, 0.6) is 0 Å². The van der Waals surface area contributed by atoms with Crippen molar-refractivity contribution in [3.05, 3.63) is 10.4 Å². The normalized spacial score (nSPS) is 21.2. The molecule has 0 aromatic rings. The first-order valence-electron chi connectivity index (χ1n) is 5.43. The van der Waals surface area contributed by atoms with Crippen molar-refractivity contribution in [1.82, 2.24) is 9.21 Å². The molecule has 1 heterocycles. The molecule has 0 aromatic heterocycles. The number of likely N-dealkylation sites (N-methyl/N-ethyl adjacent to an activating group) is 1. The molecule has 0 atom stereocenters. The van der Waals surface area contributed by atoms with E-state index in [1.54, 1.807) is 19.4 Å². The summed E-state index contributed by atoms with van der Waals surface area (Å²) in [7, 11) is -1.36. The average Bonchev–Trinajstić information content (AvgIpc) is 2.30. The van der Waals surface area contributed by atoms with E-state index in [1.165, 1.54) is 22.3 Å².